The maximum absolute atomic E-state index is 12.2. The van der Waals surface area contributed by atoms with Gasteiger partial charge in [-0.2, -0.15) is 0 Å². The summed E-state index contributed by atoms with van der Waals surface area (Å²) in [4.78, 5) is 16.4. The molecule has 3 rings (SSSR count). The molecule has 98 valence electrons. The van der Waals surface area contributed by atoms with Gasteiger partial charge in [0.2, 0.25) is 0 Å². The number of benzene rings is 1. The van der Waals surface area contributed by atoms with Crippen molar-refractivity contribution in [2.45, 2.75) is 25.4 Å². The summed E-state index contributed by atoms with van der Waals surface area (Å²) in [5.41, 5.74) is 1.87. The molecule has 0 radical (unpaired) electrons. The Bertz CT molecular complexity index is 608. The Labute approximate surface area is 120 Å². The average molecular weight is 320 g/mol. The molecule has 2 aromatic rings. The van der Waals surface area contributed by atoms with Crippen molar-refractivity contribution in [3.63, 3.8) is 0 Å². The lowest BCUT2D eigenvalue weighted by atomic mass is 10.0. The minimum Gasteiger partial charge on any atom is -0.349 e. The summed E-state index contributed by atoms with van der Waals surface area (Å²) in [5, 5.41) is 3.10. The Morgan fingerprint density at radius 3 is 3.11 bits per heavy atom. The molecule has 0 aliphatic carbocycles. The molecule has 1 atom stereocenters. The van der Waals surface area contributed by atoms with Crippen LogP contribution in [-0.2, 0) is 13.0 Å². The van der Waals surface area contributed by atoms with Gasteiger partial charge >= 0.3 is 0 Å². The summed E-state index contributed by atoms with van der Waals surface area (Å²) < 4.78 is 2.97. The molecule has 1 aliphatic heterocycles. The third-order valence-corrected chi connectivity index (χ3v) is 4.12. The minimum atomic E-state index is -0.0227. The third-order valence-electron chi connectivity index (χ3n) is 3.43. The molecule has 0 saturated carbocycles. The lowest BCUT2D eigenvalue weighted by molar-refractivity contribution is 0.0930. The van der Waals surface area contributed by atoms with Crippen LogP contribution >= 0.6 is 15.9 Å². The Hall–Kier alpha value is -1.62. The van der Waals surface area contributed by atoms with E-state index in [0.717, 1.165) is 23.9 Å². The van der Waals surface area contributed by atoms with E-state index in [1.807, 2.05) is 36.8 Å². The number of hydrogen-bond acceptors (Lipinski definition) is 2. The second kappa shape index (κ2) is 5.17. The number of imidazole rings is 1. The number of fused-ring (bicyclic) bond motifs is 1. The van der Waals surface area contributed by atoms with Crippen LogP contribution in [0.5, 0.6) is 0 Å². The van der Waals surface area contributed by atoms with Crippen molar-refractivity contribution in [3.05, 3.63) is 52.5 Å². The predicted octanol–water partition coefficient (Wildman–Crippen LogP) is 2.39. The maximum Gasteiger partial charge on any atom is 0.252 e. The van der Waals surface area contributed by atoms with Gasteiger partial charge in [0, 0.05) is 35.4 Å². The number of carbonyl (C=O) groups is 1. The smallest absolute Gasteiger partial charge is 0.252 e. The molecule has 0 fully saturated rings. The van der Waals surface area contributed by atoms with Crippen LogP contribution in [0.3, 0.4) is 0 Å². The van der Waals surface area contributed by atoms with Crippen molar-refractivity contribution in [1.29, 1.82) is 0 Å². The normalized spacial score (nSPS) is 17.8. The molecule has 1 aliphatic rings. The number of halogens is 1. The van der Waals surface area contributed by atoms with Crippen molar-refractivity contribution >= 4 is 21.8 Å². The summed E-state index contributed by atoms with van der Waals surface area (Å²) in [6.45, 7) is 0.913. The van der Waals surface area contributed by atoms with Gasteiger partial charge in [-0.15, -0.1) is 0 Å². The molecular formula is C14H14BrN3O. The Morgan fingerprint density at radius 1 is 1.42 bits per heavy atom. The summed E-state index contributed by atoms with van der Waals surface area (Å²) in [6, 6.07) is 7.66. The SMILES string of the molecule is O=C(NC1CCn2cncc2C1)c1ccccc1Br. The van der Waals surface area contributed by atoms with Gasteiger partial charge in [-0.25, -0.2) is 4.98 Å². The molecule has 5 heteroatoms. The molecule has 1 N–H and O–H groups in total. The lowest BCUT2D eigenvalue weighted by Crippen LogP contribution is -2.40. The zero-order valence-corrected chi connectivity index (χ0v) is 11.9. The molecular weight excluding hydrogens is 306 g/mol. The van der Waals surface area contributed by atoms with Crippen LogP contribution in [-0.4, -0.2) is 21.5 Å². The number of nitrogens with one attached hydrogen (secondary N) is 1. The number of nitrogens with zero attached hydrogens (tertiary/aromatic N) is 2. The maximum atomic E-state index is 12.2. The predicted molar refractivity (Wildman–Crippen MR) is 75.9 cm³/mol. The van der Waals surface area contributed by atoms with Crippen molar-refractivity contribution in [2.24, 2.45) is 0 Å². The first kappa shape index (κ1) is 12.4. The highest BCUT2D eigenvalue weighted by molar-refractivity contribution is 9.10. The van der Waals surface area contributed by atoms with Gasteiger partial charge in [0.25, 0.3) is 5.91 Å². The van der Waals surface area contributed by atoms with E-state index in [-0.39, 0.29) is 11.9 Å². The summed E-state index contributed by atoms with van der Waals surface area (Å²) >= 11 is 3.41. The van der Waals surface area contributed by atoms with E-state index in [4.69, 9.17) is 0 Å². The van der Waals surface area contributed by atoms with E-state index >= 15 is 0 Å². The standard InChI is InChI=1S/C14H14BrN3O/c15-13-4-2-1-3-12(13)14(19)17-10-5-6-18-9-16-8-11(18)7-10/h1-4,8-10H,5-7H2,(H,17,19). The number of aromatic nitrogens is 2. The van der Waals surface area contributed by atoms with E-state index in [1.54, 1.807) is 0 Å². The lowest BCUT2D eigenvalue weighted by Gasteiger charge is -2.24. The van der Waals surface area contributed by atoms with Gasteiger partial charge in [-0.3, -0.25) is 4.79 Å². The van der Waals surface area contributed by atoms with Crippen molar-refractivity contribution in [2.75, 3.05) is 0 Å². The van der Waals surface area contributed by atoms with Gasteiger partial charge in [0.1, 0.15) is 0 Å². The zero-order valence-electron chi connectivity index (χ0n) is 10.3. The first-order valence-electron chi connectivity index (χ1n) is 6.28. The number of carbonyl (C=O) groups excluding carboxylic acids is 1. The summed E-state index contributed by atoms with van der Waals surface area (Å²) in [6.07, 6.45) is 5.51. The monoisotopic (exact) mass is 319 g/mol. The minimum absolute atomic E-state index is 0.0227. The summed E-state index contributed by atoms with van der Waals surface area (Å²) in [7, 11) is 0. The highest BCUT2D eigenvalue weighted by Gasteiger charge is 2.21. The van der Waals surface area contributed by atoms with E-state index in [0.29, 0.717) is 5.56 Å². The summed E-state index contributed by atoms with van der Waals surface area (Å²) in [5.74, 6) is -0.0227. The molecule has 1 aromatic carbocycles. The van der Waals surface area contributed by atoms with Gasteiger partial charge in [-0.05, 0) is 34.5 Å². The molecule has 1 amide bonds. The van der Waals surface area contributed by atoms with Crippen LogP contribution in [0.1, 0.15) is 22.5 Å². The van der Waals surface area contributed by atoms with E-state index in [2.05, 4.69) is 30.8 Å². The topological polar surface area (TPSA) is 46.9 Å². The molecule has 4 nitrogen and oxygen atoms in total. The van der Waals surface area contributed by atoms with Crippen molar-refractivity contribution in [3.8, 4) is 0 Å². The molecule has 2 heterocycles. The fourth-order valence-electron chi connectivity index (χ4n) is 2.40. The molecule has 0 bridgehead atoms. The molecule has 19 heavy (non-hydrogen) atoms. The number of hydrogen-bond donors (Lipinski definition) is 1. The quantitative estimate of drug-likeness (QED) is 0.923. The number of aryl methyl sites for hydroxylation is 1. The van der Waals surface area contributed by atoms with Gasteiger partial charge in [0.15, 0.2) is 0 Å². The van der Waals surface area contributed by atoms with Crippen LogP contribution < -0.4 is 5.32 Å². The fraction of sp³-hybridized carbons (Fsp3) is 0.286. The van der Waals surface area contributed by atoms with Crippen LogP contribution in [0.25, 0.3) is 0 Å². The van der Waals surface area contributed by atoms with E-state index in [1.165, 1.54) is 5.69 Å². The van der Waals surface area contributed by atoms with Gasteiger partial charge < -0.3 is 9.88 Å². The van der Waals surface area contributed by atoms with Crippen molar-refractivity contribution in [1.82, 2.24) is 14.9 Å². The Kier molecular flexibility index (Phi) is 3.38. The van der Waals surface area contributed by atoms with Crippen LogP contribution in [0.4, 0.5) is 0 Å². The van der Waals surface area contributed by atoms with Crippen LogP contribution in [0.2, 0.25) is 0 Å². The van der Waals surface area contributed by atoms with Crippen LogP contribution in [0.15, 0.2) is 41.3 Å². The van der Waals surface area contributed by atoms with E-state index < -0.39 is 0 Å². The largest absolute Gasteiger partial charge is 0.349 e. The molecule has 0 spiro atoms. The first-order chi connectivity index (χ1) is 9.24. The third kappa shape index (κ3) is 2.56. The second-order valence-corrected chi connectivity index (χ2v) is 5.58. The van der Waals surface area contributed by atoms with Gasteiger partial charge in [0.05, 0.1) is 11.9 Å². The molecule has 1 unspecified atom stereocenters. The second-order valence-electron chi connectivity index (χ2n) is 4.72. The number of rotatable bonds is 2. The zero-order chi connectivity index (χ0) is 13.2. The molecule has 0 saturated heterocycles. The van der Waals surface area contributed by atoms with Crippen LogP contribution in [0, 0.1) is 0 Å². The Balaban J connectivity index is 1.70. The first-order valence-corrected chi connectivity index (χ1v) is 7.08. The average Bonchev–Trinajstić information content (AvgIpc) is 2.86. The highest BCUT2D eigenvalue weighted by atomic mass is 79.9. The fourth-order valence-corrected chi connectivity index (χ4v) is 2.87. The number of amides is 1. The van der Waals surface area contributed by atoms with Gasteiger partial charge in [-0.1, -0.05) is 12.1 Å². The highest BCUT2D eigenvalue weighted by Crippen LogP contribution is 2.18. The molecule has 1 aromatic heterocycles. The van der Waals surface area contributed by atoms with E-state index in [9.17, 15) is 4.79 Å². The Morgan fingerprint density at radius 2 is 2.26 bits per heavy atom. The van der Waals surface area contributed by atoms with Crippen molar-refractivity contribution < 1.29 is 4.79 Å².